The Morgan fingerprint density at radius 1 is 1.17 bits per heavy atom. The fourth-order valence-corrected chi connectivity index (χ4v) is 5.03. The van der Waals surface area contributed by atoms with Gasteiger partial charge in [0.1, 0.15) is 10.9 Å². The van der Waals surface area contributed by atoms with Crippen molar-refractivity contribution in [3.8, 4) is 0 Å². The molecule has 2 heterocycles. The maximum Gasteiger partial charge on any atom is 0.287 e. The molecule has 1 fully saturated rings. The van der Waals surface area contributed by atoms with Gasteiger partial charge < -0.3 is 15.1 Å². The van der Waals surface area contributed by atoms with Gasteiger partial charge in [-0.15, -0.1) is 0 Å². The molecule has 156 valence electrons. The number of amides is 2. The van der Waals surface area contributed by atoms with E-state index in [1.807, 2.05) is 0 Å². The molecule has 1 aliphatic heterocycles. The summed E-state index contributed by atoms with van der Waals surface area (Å²) in [5.74, 6) is -0.943. The van der Waals surface area contributed by atoms with E-state index in [9.17, 15) is 18.0 Å². The zero-order valence-corrected chi connectivity index (χ0v) is 17.4. The molecule has 2 aromatic rings. The van der Waals surface area contributed by atoms with Crippen LogP contribution in [0.1, 0.15) is 36.7 Å². The quantitative estimate of drug-likeness (QED) is 0.719. The molecular weight excluding hydrogens is 418 g/mol. The van der Waals surface area contributed by atoms with Gasteiger partial charge in [-0.2, -0.15) is 4.31 Å². The Kier molecular flexibility index (Phi) is 6.61. The van der Waals surface area contributed by atoms with E-state index < -0.39 is 27.9 Å². The molecule has 0 radical (unpaired) electrons. The van der Waals surface area contributed by atoms with Gasteiger partial charge in [0.25, 0.3) is 5.91 Å². The van der Waals surface area contributed by atoms with Crippen LogP contribution in [-0.4, -0.2) is 43.7 Å². The fraction of sp³-hybridized carbons (Fsp3) is 0.368. The molecule has 0 aliphatic carbocycles. The lowest BCUT2D eigenvalue weighted by Gasteiger charge is -2.26. The number of furan rings is 1. The summed E-state index contributed by atoms with van der Waals surface area (Å²) in [5.41, 5.74) is 0.272. The third kappa shape index (κ3) is 4.98. The number of rotatable bonds is 6. The second-order valence-electron chi connectivity index (χ2n) is 6.77. The Balaban J connectivity index is 1.72. The molecule has 10 heteroatoms. The Labute approximate surface area is 174 Å². The lowest BCUT2D eigenvalue weighted by atomic mass is 10.2. The van der Waals surface area contributed by atoms with Gasteiger partial charge in [-0.3, -0.25) is 9.59 Å². The van der Waals surface area contributed by atoms with Crippen LogP contribution in [0.3, 0.4) is 0 Å². The van der Waals surface area contributed by atoms with Crippen LogP contribution in [0, 0.1) is 0 Å². The summed E-state index contributed by atoms with van der Waals surface area (Å²) >= 11 is 6.14. The number of hydrogen-bond acceptors (Lipinski definition) is 5. The summed E-state index contributed by atoms with van der Waals surface area (Å²) in [6.07, 6.45) is 3.97. The van der Waals surface area contributed by atoms with Crippen LogP contribution in [0.4, 0.5) is 5.69 Å². The highest BCUT2D eigenvalue weighted by atomic mass is 35.5. The minimum absolute atomic E-state index is 0.0499. The largest absolute Gasteiger partial charge is 0.459 e. The standard InChI is InChI=1S/C19H22ClN3O5S/c1-13(21-19(25)16-6-5-11-28-16)18(24)22-14-7-8-15(20)17(12-14)29(26,27)23-9-3-2-4-10-23/h5-8,11-13H,2-4,9-10H2,1H3,(H,21,25)(H,22,24)/t13-/m0/s1. The van der Waals surface area contributed by atoms with Crippen molar-refractivity contribution in [1.29, 1.82) is 0 Å². The maximum absolute atomic E-state index is 12.9. The fourth-order valence-electron chi connectivity index (χ4n) is 3.01. The van der Waals surface area contributed by atoms with Crippen molar-refractivity contribution in [2.45, 2.75) is 37.1 Å². The third-order valence-electron chi connectivity index (χ3n) is 4.62. The van der Waals surface area contributed by atoms with Gasteiger partial charge in [-0.1, -0.05) is 18.0 Å². The number of sulfonamides is 1. The van der Waals surface area contributed by atoms with Crippen LogP contribution in [0.25, 0.3) is 0 Å². The summed E-state index contributed by atoms with van der Waals surface area (Å²) < 4.78 is 32.2. The summed E-state index contributed by atoms with van der Waals surface area (Å²) in [4.78, 5) is 24.4. The van der Waals surface area contributed by atoms with E-state index in [0.29, 0.717) is 13.1 Å². The molecule has 1 aliphatic rings. The third-order valence-corrected chi connectivity index (χ3v) is 7.00. The van der Waals surface area contributed by atoms with Gasteiger partial charge >= 0.3 is 0 Å². The molecular formula is C19H22ClN3O5S. The van der Waals surface area contributed by atoms with E-state index in [0.717, 1.165) is 19.3 Å². The van der Waals surface area contributed by atoms with E-state index in [4.69, 9.17) is 16.0 Å². The van der Waals surface area contributed by atoms with Gasteiger partial charge in [-0.05, 0) is 50.1 Å². The molecule has 2 amide bonds. The van der Waals surface area contributed by atoms with E-state index in [1.54, 1.807) is 6.07 Å². The van der Waals surface area contributed by atoms with Crippen molar-refractivity contribution in [2.75, 3.05) is 18.4 Å². The lowest BCUT2D eigenvalue weighted by Crippen LogP contribution is -2.41. The van der Waals surface area contributed by atoms with Gasteiger partial charge in [0, 0.05) is 18.8 Å². The Bertz CT molecular complexity index is 985. The van der Waals surface area contributed by atoms with E-state index in [-0.39, 0.29) is 21.4 Å². The van der Waals surface area contributed by atoms with Gasteiger partial charge in [0.15, 0.2) is 5.76 Å². The van der Waals surface area contributed by atoms with Crippen molar-refractivity contribution < 1.29 is 22.4 Å². The SMILES string of the molecule is C[C@H](NC(=O)c1ccco1)C(=O)Nc1ccc(Cl)c(S(=O)(=O)N2CCCCC2)c1. The number of nitrogens with zero attached hydrogens (tertiary/aromatic N) is 1. The van der Waals surface area contributed by atoms with Crippen LogP contribution in [-0.2, 0) is 14.8 Å². The first-order valence-corrected chi connectivity index (χ1v) is 11.1. The zero-order chi connectivity index (χ0) is 21.0. The zero-order valence-electron chi connectivity index (χ0n) is 15.9. The summed E-state index contributed by atoms with van der Waals surface area (Å²) in [5, 5.41) is 5.21. The molecule has 1 atom stereocenters. The number of halogens is 1. The van der Waals surface area contributed by atoms with Crippen molar-refractivity contribution >= 4 is 39.1 Å². The first kappa shape index (κ1) is 21.4. The first-order chi connectivity index (χ1) is 13.8. The second kappa shape index (κ2) is 8.98. The normalized spacial score (nSPS) is 16.2. The average molecular weight is 440 g/mol. The van der Waals surface area contributed by atoms with Gasteiger partial charge in [0.2, 0.25) is 15.9 Å². The van der Waals surface area contributed by atoms with Crippen molar-refractivity contribution in [2.24, 2.45) is 0 Å². The molecule has 1 aromatic heterocycles. The van der Waals surface area contributed by atoms with Crippen molar-refractivity contribution in [3.63, 3.8) is 0 Å². The topological polar surface area (TPSA) is 109 Å². The van der Waals surface area contributed by atoms with Crippen LogP contribution in [0.15, 0.2) is 45.9 Å². The smallest absolute Gasteiger partial charge is 0.287 e. The first-order valence-electron chi connectivity index (χ1n) is 9.24. The highest BCUT2D eigenvalue weighted by Gasteiger charge is 2.28. The number of hydrogen-bond donors (Lipinski definition) is 2. The Hall–Kier alpha value is -2.36. The number of benzene rings is 1. The highest BCUT2D eigenvalue weighted by molar-refractivity contribution is 7.89. The number of carbonyl (C=O) groups is 2. The minimum atomic E-state index is -3.75. The number of anilines is 1. The van der Waals surface area contributed by atoms with Crippen molar-refractivity contribution in [3.05, 3.63) is 47.4 Å². The van der Waals surface area contributed by atoms with Crippen LogP contribution < -0.4 is 10.6 Å². The molecule has 8 nitrogen and oxygen atoms in total. The molecule has 0 saturated carbocycles. The van der Waals surface area contributed by atoms with E-state index in [2.05, 4.69) is 10.6 Å². The van der Waals surface area contributed by atoms with Crippen LogP contribution in [0.5, 0.6) is 0 Å². The van der Waals surface area contributed by atoms with Gasteiger partial charge in [0.05, 0.1) is 11.3 Å². The van der Waals surface area contributed by atoms with Crippen LogP contribution >= 0.6 is 11.6 Å². The monoisotopic (exact) mass is 439 g/mol. The summed E-state index contributed by atoms with van der Waals surface area (Å²) in [6.45, 7) is 2.41. The predicted octanol–water partition coefficient (Wildman–Crippen LogP) is 2.86. The number of nitrogens with one attached hydrogen (secondary N) is 2. The maximum atomic E-state index is 12.9. The van der Waals surface area contributed by atoms with Gasteiger partial charge in [-0.25, -0.2) is 8.42 Å². The predicted molar refractivity (Wildman–Crippen MR) is 108 cm³/mol. The van der Waals surface area contributed by atoms with Crippen LogP contribution in [0.2, 0.25) is 5.02 Å². The molecule has 1 saturated heterocycles. The minimum Gasteiger partial charge on any atom is -0.459 e. The molecule has 0 spiro atoms. The molecule has 0 bridgehead atoms. The van der Waals surface area contributed by atoms with E-state index >= 15 is 0 Å². The Morgan fingerprint density at radius 3 is 2.55 bits per heavy atom. The molecule has 0 unspecified atom stereocenters. The number of carbonyl (C=O) groups excluding carboxylic acids is 2. The number of piperidine rings is 1. The molecule has 1 aromatic carbocycles. The molecule has 3 rings (SSSR count). The molecule has 2 N–H and O–H groups in total. The second-order valence-corrected chi connectivity index (χ2v) is 9.09. The molecule has 29 heavy (non-hydrogen) atoms. The Morgan fingerprint density at radius 2 is 1.90 bits per heavy atom. The van der Waals surface area contributed by atoms with Crippen molar-refractivity contribution in [1.82, 2.24) is 9.62 Å². The average Bonchev–Trinajstić information content (AvgIpc) is 3.25. The summed E-state index contributed by atoms with van der Waals surface area (Å²) in [7, 11) is -3.75. The lowest BCUT2D eigenvalue weighted by molar-refractivity contribution is -0.117. The summed E-state index contributed by atoms with van der Waals surface area (Å²) in [6, 6.07) is 6.46. The van der Waals surface area contributed by atoms with E-state index in [1.165, 1.54) is 41.8 Å². The highest BCUT2D eigenvalue weighted by Crippen LogP contribution is 2.29.